The van der Waals surface area contributed by atoms with Crippen LogP contribution in [0.2, 0.25) is 0 Å². The van der Waals surface area contributed by atoms with Gasteiger partial charge in [0.05, 0.1) is 0 Å². The summed E-state index contributed by atoms with van der Waals surface area (Å²) in [5.41, 5.74) is 5.81. The van der Waals surface area contributed by atoms with Crippen LogP contribution in [0.3, 0.4) is 0 Å². The molecule has 0 spiro atoms. The molecule has 0 aromatic heterocycles. The van der Waals surface area contributed by atoms with Crippen molar-refractivity contribution in [2.24, 2.45) is 5.73 Å². The van der Waals surface area contributed by atoms with Crippen LogP contribution in [0.15, 0.2) is 0 Å². The number of hydrogen-bond donors (Lipinski definition) is 2. The lowest BCUT2D eigenvalue weighted by Gasteiger charge is -2.18. The van der Waals surface area contributed by atoms with Crippen molar-refractivity contribution in [3.8, 4) is 0 Å². The van der Waals surface area contributed by atoms with Gasteiger partial charge in [0.15, 0.2) is 0 Å². The summed E-state index contributed by atoms with van der Waals surface area (Å²) < 4.78 is 0. The Hall–Kier alpha value is -0.0800. The van der Waals surface area contributed by atoms with Crippen LogP contribution >= 0.6 is 0 Å². The zero-order chi connectivity index (χ0) is 12.3. The number of rotatable bonds is 11. The van der Waals surface area contributed by atoms with E-state index in [1.807, 2.05) is 0 Å². The molecule has 0 bridgehead atoms. The third kappa shape index (κ3) is 13.9. The number of unbranched alkanes of at least 4 members (excludes halogenated alkanes) is 7. The van der Waals surface area contributed by atoms with Crippen LogP contribution in [0.4, 0.5) is 0 Å². The lowest BCUT2D eigenvalue weighted by Crippen LogP contribution is -2.43. The van der Waals surface area contributed by atoms with Gasteiger partial charge >= 0.3 is 0 Å². The van der Waals surface area contributed by atoms with Crippen LogP contribution in [0.1, 0.15) is 72.1 Å². The van der Waals surface area contributed by atoms with E-state index in [2.05, 4.69) is 26.1 Å². The average molecular weight is 228 g/mol. The van der Waals surface area contributed by atoms with Gasteiger partial charge in [0.25, 0.3) is 0 Å². The Balaban J connectivity index is 2.99. The first-order valence-electron chi connectivity index (χ1n) is 7.06. The summed E-state index contributed by atoms with van der Waals surface area (Å²) in [5, 5.41) is 3.41. The molecule has 0 heterocycles. The van der Waals surface area contributed by atoms with Crippen molar-refractivity contribution in [3.63, 3.8) is 0 Å². The maximum atomic E-state index is 5.88. The molecule has 2 nitrogen and oxygen atoms in total. The first-order valence-corrected chi connectivity index (χ1v) is 7.06. The lowest BCUT2D eigenvalue weighted by atomic mass is 10.1. The molecule has 0 aromatic carbocycles. The Bertz CT molecular complexity index is 138. The van der Waals surface area contributed by atoms with E-state index in [-0.39, 0.29) is 5.54 Å². The molecule has 16 heavy (non-hydrogen) atoms. The molecule has 2 heteroatoms. The highest BCUT2D eigenvalue weighted by molar-refractivity contribution is 4.74. The number of nitrogens with one attached hydrogen (secondary N) is 1. The number of nitrogens with two attached hydrogens (primary N) is 1. The molecule has 0 amide bonds. The SMILES string of the molecule is CCCCCCCCCCNCC(C)(C)N. The molecular formula is C14H32N2. The van der Waals surface area contributed by atoms with Gasteiger partial charge in [0, 0.05) is 12.1 Å². The minimum Gasteiger partial charge on any atom is -0.324 e. The van der Waals surface area contributed by atoms with E-state index in [1.54, 1.807) is 0 Å². The van der Waals surface area contributed by atoms with Crippen molar-refractivity contribution in [2.75, 3.05) is 13.1 Å². The van der Waals surface area contributed by atoms with Crippen molar-refractivity contribution >= 4 is 0 Å². The van der Waals surface area contributed by atoms with Crippen molar-refractivity contribution in [1.82, 2.24) is 5.32 Å². The summed E-state index contributed by atoms with van der Waals surface area (Å²) in [4.78, 5) is 0. The molecule has 0 aliphatic rings. The fraction of sp³-hybridized carbons (Fsp3) is 1.00. The molecule has 0 aliphatic heterocycles. The predicted octanol–water partition coefficient (Wildman–Crippen LogP) is 3.45. The number of hydrogen-bond acceptors (Lipinski definition) is 2. The third-order valence-electron chi connectivity index (χ3n) is 2.79. The molecular weight excluding hydrogens is 196 g/mol. The van der Waals surface area contributed by atoms with Crippen LogP contribution in [-0.4, -0.2) is 18.6 Å². The quantitative estimate of drug-likeness (QED) is 0.532. The van der Waals surface area contributed by atoms with Crippen LogP contribution in [0, 0.1) is 0 Å². The molecule has 0 unspecified atom stereocenters. The second-order valence-electron chi connectivity index (χ2n) is 5.64. The first-order chi connectivity index (χ1) is 7.56. The van der Waals surface area contributed by atoms with Gasteiger partial charge in [-0.05, 0) is 26.8 Å². The van der Waals surface area contributed by atoms with E-state index in [0.29, 0.717) is 0 Å². The summed E-state index contributed by atoms with van der Waals surface area (Å²) in [6.07, 6.45) is 11.1. The van der Waals surface area contributed by atoms with Gasteiger partial charge in [0.2, 0.25) is 0 Å². The molecule has 0 aliphatic carbocycles. The van der Waals surface area contributed by atoms with Gasteiger partial charge in [0.1, 0.15) is 0 Å². The second-order valence-corrected chi connectivity index (χ2v) is 5.64. The molecule has 0 saturated carbocycles. The van der Waals surface area contributed by atoms with Gasteiger partial charge in [-0.3, -0.25) is 0 Å². The van der Waals surface area contributed by atoms with Crippen LogP contribution in [-0.2, 0) is 0 Å². The molecule has 0 aromatic rings. The van der Waals surface area contributed by atoms with E-state index in [4.69, 9.17) is 5.73 Å². The molecule has 98 valence electrons. The predicted molar refractivity (Wildman–Crippen MR) is 73.7 cm³/mol. The summed E-state index contributed by atoms with van der Waals surface area (Å²) in [6.45, 7) is 8.44. The highest BCUT2D eigenvalue weighted by Gasteiger charge is 2.08. The van der Waals surface area contributed by atoms with Gasteiger partial charge in [-0.15, -0.1) is 0 Å². The summed E-state index contributed by atoms with van der Waals surface area (Å²) in [6, 6.07) is 0. The molecule has 0 radical (unpaired) electrons. The Morgan fingerprint density at radius 2 is 1.38 bits per heavy atom. The van der Waals surface area contributed by atoms with Crippen molar-refractivity contribution in [1.29, 1.82) is 0 Å². The van der Waals surface area contributed by atoms with E-state index in [9.17, 15) is 0 Å². The zero-order valence-corrected chi connectivity index (χ0v) is 11.6. The maximum absolute atomic E-state index is 5.88. The summed E-state index contributed by atoms with van der Waals surface area (Å²) in [7, 11) is 0. The van der Waals surface area contributed by atoms with Crippen LogP contribution in [0.25, 0.3) is 0 Å². The van der Waals surface area contributed by atoms with Crippen molar-refractivity contribution < 1.29 is 0 Å². The van der Waals surface area contributed by atoms with Crippen molar-refractivity contribution in [2.45, 2.75) is 77.7 Å². The topological polar surface area (TPSA) is 38.0 Å². The minimum absolute atomic E-state index is 0.0693. The Kier molecular flexibility index (Phi) is 10.0. The highest BCUT2D eigenvalue weighted by atomic mass is 14.9. The largest absolute Gasteiger partial charge is 0.324 e. The molecule has 0 rings (SSSR count). The normalized spacial score (nSPS) is 12.0. The first kappa shape index (κ1) is 15.9. The smallest absolute Gasteiger partial charge is 0.0223 e. The minimum atomic E-state index is -0.0693. The zero-order valence-electron chi connectivity index (χ0n) is 11.6. The van der Waals surface area contributed by atoms with Gasteiger partial charge in [-0.2, -0.15) is 0 Å². The second kappa shape index (κ2) is 10.1. The fourth-order valence-electron chi connectivity index (χ4n) is 1.79. The van der Waals surface area contributed by atoms with Gasteiger partial charge < -0.3 is 11.1 Å². The van der Waals surface area contributed by atoms with E-state index in [1.165, 1.54) is 51.4 Å². The van der Waals surface area contributed by atoms with Crippen molar-refractivity contribution in [3.05, 3.63) is 0 Å². The highest BCUT2D eigenvalue weighted by Crippen LogP contribution is 2.07. The third-order valence-corrected chi connectivity index (χ3v) is 2.79. The Morgan fingerprint density at radius 1 is 0.875 bits per heavy atom. The summed E-state index contributed by atoms with van der Waals surface area (Å²) in [5.74, 6) is 0. The average Bonchev–Trinajstić information content (AvgIpc) is 2.19. The van der Waals surface area contributed by atoms with Gasteiger partial charge in [-0.1, -0.05) is 51.9 Å². The van der Waals surface area contributed by atoms with E-state index < -0.39 is 0 Å². The standard InChI is InChI=1S/C14H32N2/c1-4-5-6-7-8-9-10-11-12-16-13-14(2,3)15/h16H,4-13,15H2,1-3H3. The van der Waals surface area contributed by atoms with E-state index in [0.717, 1.165) is 13.1 Å². The fourth-order valence-corrected chi connectivity index (χ4v) is 1.79. The molecule has 0 fully saturated rings. The lowest BCUT2D eigenvalue weighted by molar-refractivity contribution is 0.457. The van der Waals surface area contributed by atoms with Crippen LogP contribution < -0.4 is 11.1 Å². The van der Waals surface area contributed by atoms with Gasteiger partial charge in [-0.25, -0.2) is 0 Å². The van der Waals surface area contributed by atoms with E-state index >= 15 is 0 Å². The Morgan fingerprint density at radius 3 is 1.88 bits per heavy atom. The molecule has 0 saturated heterocycles. The summed E-state index contributed by atoms with van der Waals surface area (Å²) >= 11 is 0. The maximum Gasteiger partial charge on any atom is 0.0223 e. The Labute approximate surface area is 102 Å². The van der Waals surface area contributed by atoms with Crippen LogP contribution in [0.5, 0.6) is 0 Å². The molecule has 3 N–H and O–H groups in total. The molecule has 0 atom stereocenters. The monoisotopic (exact) mass is 228 g/mol.